The Morgan fingerprint density at radius 2 is 2.00 bits per heavy atom. The average molecular weight is 587 g/mol. The zero-order valence-electron chi connectivity index (χ0n) is 22.4. The highest BCUT2D eigenvalue weighted by Gasteiger charge is 2.29. The molecule has 1 saturated heterocycles. The van der Waals surface area contributed by atoms with Crippen LogP contribution in [0, 0.1) is 0 Å². The molecule has 3 N–H and O–H groups in total. The SMILES string of the molecule is CCOc1cncc(-c2cnc(C(=O)N[C@@H](CN3CCNCC3)c3cc(NS(=O)(=O)C4CCCC4)ccn3)s2)n1. The van der Waals surface area contributed by atoms with Crippen LogP contribution in [0.3, 0.4) is 0 Å². The number of nitrogens with one attached hydrogen (secondary N) is 3. The molecule has 0 spiro atoms. The molecule has 2 aliphatic rings. The van der Waals surface area contributed by atoms with E-state index >= 15 is 0 Å². The van der Waals surface area contributed by atoms with E-state index in [1.54, 1.807) is 30.7 Å². The Hall–Kier alpha value is -3.20. The number of carbonyl (C=O) groups excluding carboxylic acids is 1. The van der Waals surface area contributed by atoms with Crippen molar-refractivity contribution >= 4 is 33.0 Å². The predicted octanol–water partition coefficient (Wildman–Crippen LogP) is 2.45. The van der Waals surface area contributed by atoms with Crippen molar-refractivity contribution in [3.05, 3.63) is 47.6 Å². The van der Waals surface area contributed by atoms with E-state index < -0.39 is 16.1 Å². The quantitative estimate of drug-likeness (QED) is 0.306. The molecular formula is C26H34N8O4S2. The normalized spacial score (nSPS) is 17.4. The number of thiazole rings is 1. The molecule has 0 bridgehead atoms. The van der Waals surface area contributed by atoms with E-state index in [1.165, 1.54) is 17.5 Å². The molecule has 214 valence electrons. The number of amides is 1. The number of carbonyl (C=O) groups is 1. The molecule has 1 aliphatic heterocycles. The number of sulfonamides is 1. The minimum atomic E-state index is -3.49. The van der Waals surface area contributed by atoms with Crippen LogP contribution in [0.5, 0.6) is 5.88 Å². The number of hydrogen-bond acceptors (Lipinski definition) is 11. The van der Waals surface area contributed by atoms with Crippen molar-refractivity contribution in [2.75, 3.05) is 44.1 Å². The molecule has 3 aromatic heterocycles. The Kier molecular flexibility index (Phi) is 9.19. The number of nitrogens with zero attached hydrogens (tertiary/aromatic N) is 5. The summed E-state index contributed by atoms with van der Waals surface area (Å²) in [7, 11) is -3.49. The topological polar surface area (TPSA) is 151 Å². The number of hydrogen-bond donors (Lipinski definition) is 3. The highest BCUT2D eigenvalue weighted by molar-refractivity contribution is 7.93. The van der Waals surface area contributed by atoms with E-state index in [2.05, 4.69) is 40.2 Å². The lowest BCUT2D eigenvalue weighted by molar-refractivity contribution is 0.0920. The molecular weight excluding hydrogens is 552 g/mol. The van der Waals surface area contributed by atoms with E-state index in [4.69, 9.17) is 4.74 Å². The Balaban J connectivity index is 1.34. The molecule has 1 aliphatic carbocycles. The Bertz CT molecular complexity index is 1400. The summed E-state index contributed by atoms with van der Waals surface area (Å²) in [4.78, 5) is 33.8. The largest absolute Gasteiger partial charge is 0.477 e. The summed E-state index contributed by atoms with van der Waals surface area (Å²) >= 11 is 1.21. The fourth-order valence-corrected chi connectivity index (χ4v) is 7.27. The number of ether oxygens (including phenoxy) is 1. The highest BCUT2D eigenvalue weighted by Crippen LogP contribution is 2.28. The van der Waals surface area contributed by atoms with E-state index in [0.717, 1.165) is 39.0 Å². The van der Waals surface area contributed by atoms with Crippen LogP contribution < -0.4 is 20.1 Å². The van der Waals surface area contributed by atoms with Crippen molar-refractivity contribution < 1.29 is 17.9 Å². The van der Waals surface area contributed by atoms with E-state index in [9.17, 15) is 13.2 Å². The smallest absolute Gasteiger partial charge is 0.280 e. The fourth-order valence-electron chi connectivity index (χ4n) is 4.92. The van der Waals surface area contributed by atoms with E-state index in [0.29, 0.717) is 53.8 Å². The lowest BCUT2D eigenvalue weighted by atomic mass is 10.1. The molecule has 0 aromatic carbocycles. The standard InChI is InChI=1S/C26H34N8O4S2/c1-2-38-24-16-28-14-21(31-24)23-15-30-26(39-23)25(35)32-22(17-34-11-9-27-10-12-34)20-13-18(7-8-29-20)33-40(36,37)19-5-3-4-6-19/h7-8,13-16,19,22,27H,2-6,9-12,17H2,1H3,(H,29,33)(H,32,35)/t22-/m0/s1. The van der Waals surface area contributed by atoms with E-state index in [-0.39, 0.29) is 16.2 Å². The van der Waals surface area contributed by atoms with Gasteiger partial charge in [-0.2, -0.15) is 0 Å². The van der Waals surface area contributed by atoms with Gasteiger partial charge in [0.1, 0.15) is 5.69 Å². The highest BCUT2D eigenvalue weighted by atomic mass is 32.2. The monoisotopic (exact) mass is 586 g/mol. The van der Waals surface area contributed by atoms with Gasteiger partial charge in [-0.25, -0.2) is 18.4 Å². The van der Waals surface area contributed by atoms with Gasteiger partial charge < -0.3 is 15.4 Å². The Morgan fingerprint density at radius 1 is 1.20 bits per heavy atom. The Morgan fingerprint density at radius 3 is 2.77 bits per heavy atom. The van der Waals surface area contributed by atoms with Crippen LogP contribution in [-0.4, -0.2) is 83.7 Å². The average Bonchev–Trinajstić information content (AvgIpc) is 3.67. The number of rotatable bonds is 11. The number of anilines is 1. The molecule has 0 unspecified atom stereocenters. The number of pyridine rings is 1. The maximum Gasteiger partial charge on any atom is 0.280 e. The zero-order chi connectivity index (χ0) is 28.0. The summed E-state index contributed by atoms with van der Waals surface area (Å²) in [5.74, 6) is 0.0639. The molecule has 1 amide bonds. The first-order valence-electron chi connectivity index (χ1n) is 13.5. The molecule has 0 radical (unpaired) electrons. The summed E-state index contributed by atoms with van der Waals surface area (Å²) in [5, 5.41) is 6.32. The van der Waals surface area contributed by atoms with Crippen molar-refractivity contribution in [3.63, 3.8) is 0 Å². The number of piperazine rings is 1. The molecule has 12 nitrogen and oxygen atoms in total. The van der Waals surface area contributed by atoms with Crippen LogP contribution in [0.4, 0.5) is 5.69 Å². The van der Waals surface area contributed by atoms with Gasteiger partial charge in [0.25, 0.3) is 5.91 Å². The summed E-state index contributed by atoms with van der Waals surface area (Å²) in [6, 6.07) is 2.88. The van der Waals surface area contributed by atoms with Crippen LogP contribution in [0.25, 0.3) is 10.6 Å². The zero-order valence-corrected chi connectivity index (χ0v) is 24.0. The van der Waals surface area contributed by atoms with Crippen molar-refractivity contribution in [1.29, 1.82) is 0 Å². The molecule has 1 atom stereocenters. The van der Waals surface area contributed by atoms with Crippen LogP contribution >= 0.6 is 11.3 Å². The first kappa shape index (κ1) is 28.3. The van der Waals surface area contributed by atoms with Crippen LogP contribution in [0.15, 0.2) is 36.9 Å². The minimum absolute atomic E-state index is 0.280. The lowest BCUT2D eigenvalue weighted by Gasteiger charge is -2.31. The van der Waals surface area contributed by atoms with Crippen LogP contribution in [-0.2, 0) is 10.0 Å². The lowest BCUT2D eigenvalue weighted by Crippen LogP contribution is -2.47. The summed E-state index contributed by atoms with van der Waals surface area (Å²) in [5.41, 5.74) is 1.59. The summed E-state index contributed by atoms with van der Waals surface area (Å²) < 4.78 is 34.0. The fraction of sp³-hybridized carbons (Fsp3) is 0.500. The first-order valence-corrected chi connectivity index (χ1v) is 15.9. The maximum absolute atomic E-state index is 13.4. The number of aromatic nitrogens is 4. The third-order valence-electron chi connectivity index (χ3n) is 6.95. The van der Waals surface area contributed by atoms with E-state index in [1.807, 2.05) is 6.92 Å². The van der Waals surface area contributed by atoms with Gasteiger partial charge in [-0.1, -0.05) is 12.8 Å². The second-order valence-electron chi connectivity index (χ2n) is 9.80. The molecule has 5 rings (SSSR count). The van der Waals surface area contributed by atoms with Gasteiger partial charge in [-0.05, 0) is 31.9 Å². The molecule has 40 heavy (non-hydrogen) atoms. The predicted molar refractivity (Wildman–Crippen MR) is 153 cm³/mol. The minimum Gasteiger partial charge on any atom is -0.477 e. The first-order chi connectivity index (χ1) is 19.4. The molecule has 3 aromatic rings. The van der Waals surface area contributed by atoms with Crippen LogP contribution in [0.2, 0.25) is 0 Å². The van der Waals surface area contributed by atoms with Crippen molar-refractivity contribution in [2.45, 2.75) is 43.9 Å². The summed E-state index contributed by atoms with van der Waals surface area (Å²) in [6.07, 6.45) is 9.51. The van der Waals surface area contributed by atoms with Gasteiger partial charge >= 0.3 is 0 Å². The third-order valence-corrected chi connectivity index (χ3v) is 9.84. The van der Waals surface area contributed by atoms with Crippen LogP contribution in [0.1, 0.15) is 54.1 Å². The second kappa shape index (κ2) is 13.0. The van der Waals surface area contributed by atoms with Gasteiger partial charge in [-0.3, -0.25) is 24.4 Å². The molecule has 4 heterocycles. The van der Waals surface area contributed by atoms with Gasteiger partial charge in [0.2, 0.25) is 15.9 Å². The maximum atomic E-state index is 13.4. The molecule has 1 saturated carbocycles. The second-order valence-corrected chi connectivity index (χ2v) is 12.8. The van der Waals surface area contributed by atoms with Gasteiger partial charge in [0.05, 0.1) is 46.6 Å². The van der Waals surface area contributed by atoms with Gasteiger partial charge in [0.15, 0.2) is 5.01 Å². The van der Waals surface area contributed by atoms with Gasteiger partial charge in [-0.15, -0.1) is 11.3 Å². The van der Waals surface area contributed by atoms with Crippen molar-refractivity contribution in [1.82, 2.24) is 35.5 Å². The van der Waals surface area contributed by atoms with Crippen molar-refractivity contribution in [3.8, 4) is 16.5 Å². The molecule has 14 heteroatoms. The van der Waals surface area contributed by atoms with Gasteiger partial charge in [0, 0.05) is 45.1 Å². The third kappa shape index (κ3) is 7.11. The summed E-state index contributed by atoms with van der Waals surface area (Å²) in [6.45, 7) is 6.24. The van der Waals surface area contributed by atoms with Crippen molar-refractivity contribution in [2.24, 2.45) is 0 Å². The Labute approximate surface area is 238 Å². The molecule has 2 fully saturated rings.